The predicted octanol–water partition coefficient (Wildman–Crippen LogP) is 3.20. The van der Waals surface area contributed by atoms with E-state index >= 15 is 0 Å². The molecule has 0 spiro atoms. The fourth-order valence-electron chi connectivity index (χ4n) is 1.95. The smallest absolute Gasteiger partial charge is 0.316 e. The van der Waals surface area contributed by atoms with Crippen molar-refractivity contribution < 1.29 is 4.74 Å². The third-order valence-electron chi connectivity index (χ3n) is 2.89. The first-order valence-corrected chi connectivity index (χ1v) is 6.19. The topological polar surface area (TPSA) is 35.0 Å². The molecule has 82 valence electrons. The highest BCUT2D eigenvalue weighted by Gasteiger charge is 2.23. The lowest BCUT2D eigenvalue weighted by Crippen LogP contribution is -2.28. The van der Waals surface area contributed by atoms with Crippen LogP contribution in [0.4, 0.5) is 0 Å². The van der Waals surface area contributed by atoms with Crippen LogP contribution in [-0.2, 0) is 0 Å². The van der Waals surface area contributed by atoms with Gasteiger partial charge in [-0.3, -0.25) is 0 Å². The Hall–Kier alpha value is -0.640. The van der Waals surface area contributed by atoms with Gasteiger partial charge in [0.2, 0.25) is 0 Å². The van der Waals surface area contributed by atoms with Gasteiger partial charge < -0.3 is 4.74 Å². The van der Waals surface area contributed by atoms with Crippen molar-refractivity contribution in [1.29, 1.82) is 0 Å². The van der Waals surface area contributed by atoms with E-state index in [1.54, 1.807) is 12.4 Å². The third-order valence-corrected chi connectivity index (χ3v) is 3.30. The van der Waals surface area contributed by atoms with Gasteiger partial charge in [0.25, 0.3) is 0 Å². The Morgan fingerprint density at radius 2 is 1.93 bits per heavy atom. The van der Waals surface area contributed by atoms with E-state index in [-0.39, 0.29) is 0 Å². The number of aromatic nitrogens is 2. The maximum absolute atomic E-state index is 5.78. The lowest BCUT2D eigenvalue weighted by molar-refractivity contribution is 0.0922. The molecule has 3 nitrogen and oxygen atoms in total. The zero-order valence-electron chi connectivity index (χ0n) is 8.82. The minimum Gasteiger partial charge on any atom is -0.460 e. The van der Waals surface area contributed by atoms with Gasteiger partial charge in [-0.15, -0.1) is 0 Å². The standard InChI is InChI=1S/C11H15BrN2O/c1-8-4-2-3-5-10(8)15-11-13-6-9(12)7-14-11/h6-8,10H,2-5H2,1H3. The van der Waals surface area contributed by atoms with Gasteiger partial charge in [-0.25, -0.2) is 9.97 Å². The highest BCUT2D eigenvalue weighted by Crippen LogP contribution is 2.26. The van der Waals surface area contributed by atoms with Crippen LogP contribution in [0.3, 0.4) is 0 Å². The molecule has 0 saturated heterocycles. The molecule has 1 aliphatic rings. The molecule has 1 aromatic rings. The van der Waals surface area contributed by atoms with E-state index in [1.807, 2.05) is 0 Å². The molecule has 2 atom stereocenters. The van der Waals surface area contributed by atoms with Crippen molar-refractivity contribution in [2.75, 3.05) is 0 Å². The SMILES string of the molecule is CC1CCCCC1Oc1ncc(Br)cn1. The molecule has 1 fully saturated rings. The largest absolute Gasteiger partial charge is 0.460 e. The molecule has 1 heterocycles. The van der Waals surface area contributed by atoms with Crippen molar-refractivity contribution in [3.8, 4) is 6.01 Å². The minimum atomic E-state index is 0.292. The summed E-state index contributed by atoms with van der Waals surface area (Å²) in [7, 11) is 0. The van der Waals surface area contributed by atoms with E-state index < -0.39 is 0 Å². The summed E-state index contributed by atoms with van der Waals surface area (Å²) in [6.45, 7) is 2.24. The average Bonchev–Trinajstić information content (AvgIpc) is 2.25. The van der Waals surface area contributed by atoms with Gasteiger partial charge >= 0.3 is 6.01 Å². The molecule has 0 radical (unpaired) electrons. The average molecular weight is 271 g/mol. The van der Waals surface area contributed by atoms with Gasteiger partial charge in [0.15, 0.2) is 0 Å². The van der Waals surface area contributed by atoms with E-state index in [9.17, 15) is 0 Å². The summed E-state index contributed by atoms with van der Waals surface area (Å²) in [5.41, 5.74) is 0. The van der Waals surface area contributed by atoms with Crippen LogP contribution >= 0.6 is 15.9 Å². The van der Waals surface area contributed by atoms with Crippen LogP contribution in [0.2, 0.25) is 0 Å². The van der Waals surface area contributed by atoms with Crippen LogP contribution < -0.4 is 4.74 Å². The maximum atomic E-state index is 5.78. The van der Waals surface area contributed by atoms with Crippen LogP contribution in [0, 0.1) is 5.92 Å². The molecule has 15 heavy (non-hydrogen) atoms. The van der Waals surface area contributed by atoms with Crippen molar-refractivity contribution in [3.63, 3.8) is 0 Å². The molecule has 0 aromatic carbocycles. The fourth-order valence-corrected chi connectivity index (χ4v) is 2.16. The molecule has 2 unspecified atom stereocenters. The number of ether oxygens (including phenoxy) is 1. The first-order chi connectivity index (χ1) is 7.25. The first-order valence-electron chi connectivity index (χ1n) is 5.40. The molecule has 0 amide bonds. The summed E-state index contributed by atoms with van der Waals surface area (Å²) in [6, 6.07) is 0.497. The molecule has 4 heteroatoms. The monoisotopic (exact) mass is 270 g/mol. The van der Waals surface area contributed by atoms with Gasteiger partial charge in [0.05, 0.1) is 4.47 Å². The van der Waals surface area contributed by atoms with Crippen LogP contribution in [0.1, 0.15) is 32.6 Å². The van der Waals surface area contributed by atoms with Crippen LogP contribution in [-0.4, -0.2) is 16.1 Å². The van der Waals surface area contributed by atoms with Crippen molar-refractivity contribution in [1.82, 2.24) is 9.97 Å². The predicted molar refractivity (Wildman–Crippen MR) is 61.8 cm³/mol. The van der Waals surface area contributed by atoms with E-state index in [0.717, 1.165) is 10.9 Å². The fraction of sp³-hybridized carbons (Fsp3) is 0.636. The van der Waals surface area contributed by atoms with E-state index in [1.165, 1.54) is 19.3 Å². The van der Waals surface area contributed by atoms with E-state index in [4.69, 9.17) is 4.74 Å². The Balaban J connectivity index is 1.98. The van der Waals surface area contributed by atoms with E-state index in [2.05, 4.69) is 32.8 Å². The lowest BCUT2D eigenvalue weighted by Gasteiger charge is -2.28. The van der Waals surface area contributed by atoms with Crippen LogP contribution in [0.5, 0.6) is 6.01 Å². The van der Waals surface area contributed by atoms with Crippen molar-refractivity contribution >= 4 is 15.9 Å². The van der Waals surface area contributed by atoms with Gasteiger partial charge in [-0.1, -0.05) is 13.3 Å². The van der Waals surface area contributed by atoms with Gasteiger partial charge in [0.1, 0.15) is 6.10 Å². The van der Waals surface area contributed by atoms with Crippen molar-refractivity contribution in [2.24, 2.45) is 5.92 Å². The quantitative estimate of drug-likeness (QED) is 0.828. The summed E-state index contributed by atoms with van der Waals surface area (Å²) in [6.07, 6.45) is 8.68. The number of hydrogen-bond acceptors (Lipinski definition) is 3. The third kappa shape index (κ3) is 2.91. The second-order valence-electron chi connectivity index (χ2n) is 4.10. The second-order valence-corrected chi connectivity index (χ2v) is 5.02. The molecule has 0 aliphatic heterocycles. The molecule has 1 aliphatic carbocycles. The summed E-state index contributed by atoms with van der Waals surface area (Å²) in [5.74, 6) is 0.617. The van der Waals surface area contributed by atoms with Gasteiger partial charge in [-0.2, -0.15) is 0 Å². The van der Waals surface area contributed by atoms with Crippen LogP contribution in [0.25, 0.3) is 0 Å². The summed E-state index contributed by atoms with van der Waals surface area (Å²) in [4.78, 5) is 8.25. The highest BCUT2D eigenvalue weighted by atomic mass is 79.9. The van der Waals surface area contributed by atoms with Gasteiger partial charge in [0, 0.05) is 12.4 Å². The Morgan fingerprint density at radius 3 is 2.60 bits per heavy atom. The molecular weight excluding hydrogens is 256 g/mol. The Labute approximate surface area is 98.4 Å². The summed E-state index contributed by atoms with van der Waals surface area (Å²) < 4.78 is 6.66. The molecule has 1 aromatic heterocycles. The van der Waals surface area contributed by atoms with Gasteiger partial charge in [-0.05, 0) is 41.1 Å². The lowest BCUT2D eigenvalue weighted by atomic mass is 9.88. The molecular formula is C11H15BrN2O. The molecule has 0 bridgehead atoms. The zero-order valence-corrected chi connectivity index (χ0v) is 10.4. The molecule has 1 saturated carbocycles. The zero-order chi connectivity index (χ0) is 10.7. The Morgan fingerprint density at radius 1 is 1.27 bits per heavy atom. The summed E-state index contributed by atoms with van der Waals surface area (Å²) in [5, 5.41) is 0. The number of nitrogens with zero attached hydrogens (tertiary/aromatic N) is 2. The van der Waals surface area contributed by atoms with Crippen LogP contribution in [0.15, 0.2) is 16.9 Å². The number of halogens is 1. The first kappa shape index (κ1) is 10.9. The molecule has 0 N–H and O–H groups in total. The molecule has 2 rings (SSSR count). The summed E-state index contributed by atoms with van der Waals surface area (Å²) >= 11 is 3.30. The Kier molecular flexibility index (Phi) is 3.57. The van der Waals surface area contributed by atoms with Crippen molar-refractivity contribution in [3.05, 3.63) is 16.9 Å². The number of hydrogen-bond donors (Lipinski definition) is 0. The minimum absolute atomic E-state index is 0.292. The van der Waals surface area contributed by atoms with E-state index in [0.29, 0.717) is 18.0 Å². The maximum Gasteiger partial charge on any atom is 0.316 e. The number of rotatable bonds is 2. The van der Waals surface area contributed by atoms with Crippen molar-refractivity contribution in [2.45, 2.75) is 38.7 Å². The highest BCUT2D eigenvalue weighted by molar-refractivity contribution is 9.10. The Bertz CT molecular complexity index is 315. The normalized spacial score (nSPS) is 26.3. The second kappa shape index (κ2) is 4.92.